The van der Waals surface area contributed by atoms with Crippen LogP contribution in [-0.2, 0) is 10.2 Å². The summed E-state index contributed by atoms with van der Waals surface area (Å²) in [6, 6.07) is 8.19. The lowest BCUT2D eigenvalue weighted by molar-refractivity contribution is -0.131. The predicted octanol–water partition coefficient (Wildman–Crippen LogP) is 4.50. The summed E-state index contributed by atoms with van der Waals surface area (Å²) >= 11 is 0. The zero-order valence-corrected chi connectivity index (χ0v) is 12.7. The molecule has 0 unspecified atom stereocenters. The normalized spacial score (nSPS) is 13.5. The molecule has 0 radical (unpaired) electrons. The summed E-state index contributed by atoms with van der Waals surface area (Å²) in [5.74, 6) is -0.898. The van der Waals surface area contributed by atoms with Crippen molar-refractivity contribution in [2.45, 2.75) is 47.0 Å². The zero-order chi connectivity index (χ0) is 14.8. The highest BCUT2D eigenvalue weighted by atomic mass is 16.4. The molecule has 0 bridgehead atoms. The summed E-state index contributed by atoms with van der Waals surface area (Å²) in [6.45, 7) is 12.6. The Hall–Kier alpha value is -1.57. The van der Waals surface area contributed by atoms with E-state index in [1.165, 1.54) is 11.6 Å². The van der Waals surface area contributed by atoms with Gasteiger partial charge in [0.25, 0.3) is 0 Å². The third-order valence-corrected chi connectivity index (χ3v) is 3.14. The Balaban J connectivity index is 3.24. The van der Waals surface area contributed by atoms with Crippen LogP contribution in [0.1, 0.15) is 52.7 Å². The van der Waals surface area contributed by atoms with E-state index in [-0.39, 0.29) is 10.8 Å². The minimum absolute atomic E-state index is 0.108. The van der Waals surface area contributed by atoms with Crippen LogP contribution in [0.25, 0.3) is 5.57 Å². The molecule has 0 atom stereocenters. The standard InChI is InChI=1S/C17H24O2/c1-16(2,3)13-9-7-12(8-10-13)14(11-15(18)19)17(4,5)6/h7-11H,1-6H3,(H,18,19)/b14-11-. The maximum atomic E-state index is 11.0. The van der Waals surface area contributed by atoms with E-state index < -0.39 is 5.97 Å². The van der Waals surface area contributed by atoms with Crippen molar-refractivity contribution in [2.75, 3.05) is 0 Å². The van der Waals surface area contributed by atoms with Gasteiger partial charge in [-0.1, -0.05) is 65.8 Å². The molecule has 2 nitrogen and oxygen atoms in total. The largest absolute Gasteiger partial charge is 0.478 e. The lowest BCUT2D eigenvalue weighted by Gasteiger charge is -2.24. The van der Waals surface area contributed by atoms with Gasteiger partial charge in [0.2, 0.25) is 0 Å². The Morgan fingerprint density at radius 3 is 1.79 bits per heavy atom. The van der Waals surface area contributed by atoms with Crippen molar-refractivity contribution in [2.24, 2.45) is 5.41 Å². The molecule has 1 N–H and O–H groups in total. The fourth-order valence-corrected chi connectivity index (χ4v) is 2.01. The molecule has 0 spiro atoms. The molecule has 1 rings (SSSR count). The Labute approximate surface area is 116 Å². The molecule has 0 saturated heterocycles. The van der Waals surface area contributed by atoms with E-state index in [0.29, 0.717) is 0 Å². The molecule has 104 valence electrons. The molecule has 0 aliphatic carbocycles. The summed E-state index contributed by atoms with van der Waals surface area (Å²) in [7, 11) is 0. The van der Waals surface area contributed by atoms with Gasteiger partial charge in [-0.05, 0) is 27.5 Å². The predicted molar refractivity (Wildman–Crippen MR) is 80.2 cm³/mol. The highest BCUT2D eigenvalue weighted by Crippen LogP contribution is 2.34. The van der Waals surface area contributed by atoms with Crippen molar-refractivity contribution in [1.82, 2.24) is 0 Å². The van der Waals surface area contributed by atoms with Gasteiger partial charge in [0.05, 0.1) is 0 Å². The van der Waals surface area contributed by atoms with Gasteiger partial charge in [0, 0.05) is 6.08 Å². The Kier molecular flexibility index (Phi) is 4.24. The quantitative estimate of drug-likeness (QED) is 0.795. The van der Waals surface area contributed by atoms with Crippen LogP contribution in [0.3, 0.4) is 0 Å². The Bertz CT molecular complexity index is 479. The summed E-state index contributed by atoms with van der Waals surface area (Å²) in [4.78, 5) is 11.0. The molecule has 1 aromatic carbocycles. The molecule has 0 heterocycles. The molecular formula is C17H24O2. The average molecular weight is 260 g/mol. The van der Waals surface area contributed by atoms with Gasteiger partial charge in [0.1, 0.15) is 0 Å². The first-order valence-corrected chi connectivity index (χ1v) is 6.58. The molecule has 0 aromatic heterocycles. The minimum Gasteiger partial charge on any atom is -0.478 e. The molecule has 1 aromatic rings. The number of rotatable bonds is 2. The number of carbonyl (C=O) groups is 1. The first-order valence-electron chi connectivity index (χ1n) is 6.58. The van der Waals surface area contributed by atoms with Gasteiger partial charge >= 0.3 is 5.97 Å². The Morgan fingerprint density at radius 1 is 1.00 bits per heavy atom. The molecule has 19 heavy (non-hydrogen) atoms. The number of carboxylic acid groups (broad SMARTS) is 1. The van der Waals surface area contributed by atoms with Gasteiger partial charge in [-0.2, -0.15) is 0 Å². The van der Waals surface area contributed by atoms with Crippen LogP contribution in [0.5, 0.6) is 0 Å². The third kappa shape index (κ3) is 4.23. The first-order chi connectivity index (χ1) is 8.51. The topological polar surface area (TPSA) is 37.3 Å². The molecule has 0 saturated carbocycles. The van der Waals surface area contributed by atoms with Crippen LogP contribution >= 0.6 is 0 Å². The molecule has 2 heteroatoms. The van der Waals surface area contributed by atoms with Crippen LogP contribution in [0.4, 0.5) is 0 Å². The summed E-state index contributed by atoms with van der Waals surface area (Å²) in [5.41, 5.74) is 2.99. The summed E-state index contributed by atoms with van der Waals surface area (Å²) in [5, 5.41) is 9.02. The zero-order valence-electron chi connectivity index (χ0n) is 12.7. The monoisotopic (exact) mass is 260 g/mol. The van der Waals surface area contributed by atoms with Crippen LogP contribution < -0.4 is 0 Å². The fourth-order valence-electron chi connectivity index (χ4n) is 2.01. The second-order valence-corrected chi connectivity index (χ2v) is 6.97. The van der Waals surface area contributed by atoms with Crippen molar-refractivity contribution in [3.05, 3.63) is 41.5 Å². The second-order valence-electron chi connectivity index (χ2n) is 6.97. The van der Waals surface area contributed by atoms with Crippen LogP contribution in [0.2, 0.25) is 0 Å². The minimum atomic E-state index is -0.898. The fraction of sp³-hybridized carbons (Fsp3) is 0.471. The van der Waals surface area contributed by atoms with Crippen molar-refractivity contribution in [1.29, 1.82) is 0 Å². The number of carboxylic acids is 1. The van der Waals surface area contributed by atoms with Crippen molar-refractivity contribution >= 4 is 11.5 Å². The highest BCUT2D eigenvalue weighted by Gasteiger charge is 2.21. The first kappa shape index (κ1) is 15.5. The molecular weight excluding hydrogens is 236 g/mol. The molecule has 0 aliphatic heterocycles. The van der Waals surface area contributed by atoms with Gasteiger partial charge < -0.3 is 5.11 Å². The van der Waals surface area contributed by atoms with E-state index in [0.717, 1.165) is 11.1 Å². The lowest BCUT2D eigenvalue weighted by atomic mass is 9.80. The van der Waals surface area contributed by atoms with Crippen LogP contribution in [-0.4, -0.2) is 11.1 Å². The average Bonchev–Trinajstić information content (AvgIpc) is 2.23. The number of benzene rings is 1. The SMILES string of the molecule is CC(C)(C)/C(=C\C(=O)O)c1ccc(C(C)(C)C)cc1. The molecule has 0 aliphatic rings. The highest BCUT2D eigenvalue weighted by molar-refractivity contribution is 5.91. The van der Waals surface area contributed by atoms with Crippen LogP contribution in [0, 0.1) is 5.41 Å². The van der Waals surface area contributed by atoms with Gasteiger partial charge in [-0.15, -0.1) is 0 Å². The number of hydrogen-bond donors (Lipinski definition) is 1. The van der Waals surface area contributed by atoms with Crippen molar-refractivity contribution in [3.8, 4) is 0 Å². The number of hydrogen-bond acceptors (Lipinski definition) is 1. The van der Waals surface area contributed by atoms with Gasteiger partial charge in [0.15, 0.2) is 0 Å². The maximum Gasteiger partial charge on any atom is 0.328 e. The van der Waals surface area contributed by atoms with Crippen molar-refractivity contribution < 1.29 is 9.90 Å². The Morgan fingerprint density at radius 2 is 1.47 bits per heavy atom. The lowest BCUT2D eigenvalue weighted by Crippen LogP contribution is -2.13. The van der Waals surface area contributed by atoms with E-state index in [1.54, 1.807) is 0 Å². The van der Waals surface area contributed by atoms with Crippen LogP contribution in [0.15, 0.2) is 30.3 Å². The number of aliphatic carboxylic acids is 1. The van der Waals surface area contributed by atoms with E-state index in [9.17, 15) is 4.79 Å². The second kappa shape index (κ2) is 5.20. The van der Waals surface area contributed by atoms with Gasteiger partial charge in [-0.3, -0.25) is 0 Å². The molecule has 0 amide bonds. The van der Waals surface area contributed by atoms with E-state index >= 15 is 0 Å². The van der Waals surface area contributed by atoms with Crippen molar-refractivity contribution in [3.63, 3.8) is 0 Å². The molecule has 0 fully saturated rings. The smallest absolute Gasteiger partial charge is 0.328 e. The van der Waals surface area contributed by atoms with Gasteiger partial charge in [-0.25, -0.2) is 4.79 Å². The maximum absolute atomic E-state index is 11.0. The summed E-state index contributed by atoms with van der Waals surface area (Å²) < 4.78 is 0. The van der Waals surface area contributed by atoms with E-state index in [4.69, 9.17) is 5.11 Å². The summed E-state index contributed by atoms with van der Waals surface area (Å²) in [6.07, 6.45) is 1.31. The van der Waals surface area contributed by atoms with E-state index in [2.05, 4.69) is 32.9 Å². The number of allylic oxidation sites excluding steroid dienone is 1. The van der Waals surface area contributed by atoms with E-state index in [1.807, 2.05) is 32.9 Å². The third-order valence-electron chi connectivity index (χ3n) is 3.14.